The van der Waals surface area contributed by atoms with E-state index in [1.807, 2.05) is 6.92 Å². The molecule has 1 saturated carbocycles. The van der Waals surface area contributed by atoms with Gasteiger partial charge in [0.1, 0.15) is 5.82 Å². The summed E-state index contributed by atoms with van der Waals surface area (Å²) < 4.78 is 4.56. The molecule has 0 saturated heterocycles. The van der Waals surface area contributed by atoms with Gasteiger partial charge in [0.25, 0.3) is 0 Å². The smallest absolute Gasteiger partial charge is 0.127 e. The molecule has 0 bridgehead atoms. The normalized spacial score (nSPS) is 16.8. The molecule has 0 atom stereocenters. The summed E-state index contributed by atoms with van der Waals surface area (Å²) in [6.45, 7) is 4.22. The van der Waals surface area contributed by atoms with Gasteiger partial charge in [0.2, 0.25) is 0 Å². The van der Waals surface area contributed by atoms with Crippen molar-refractivity contribution in [3.8, 4) is 0 Å². The number of hydrogen-bond donors (Lipinski definition) is 2. The van der Waals surface area contributed by atoms with Gasteiger partial charge in [-0.05, 0) is 62.4 Å². The van der Waals surface area contributed by atoms with Crippen LogP contribution < -0.4 is 10.5 Å². The predicted molar refractivity (Wildman–Crippen MR) is 85.2 cm³/mol. The lowest BCUT2D eigenvalue weighted by atomic mass is 10.1. The number of nitrogen functional groups attached to an aromatic ring is 1. The van der Waals surface area contributed by atoms with Crippen LogP contribution in [0.15, 0.2) is 27.6 Å². The molecule has 1 aromatic heterocycles. The number of benzene rings is 1. The summed E-state index contributed by atoms with van der Waals surface area (Å²) in [5.74, 6) is 0.601. The molecule has 19 heavy (non-hydrogen) atoms. The maximum absolute atomic E-state index is 5.89. The van der Waals surface area contributed by atoms with Crippen LogP contribution in [-0.4, -0.2) is 10.5 Å². The Kier molecular flexibility index (Phi) is 3.23. The maximum Gasteiger partial charge on any atom is 0.127 e. The number of pyridine rings is 1. The Morgan fingerprint density at radius 2 is 2.11 bits per heavy atom. The van der Waals surface area contributed by atoms with Crippen molar-refractivity contribution < 1.29 is 0 Å². The molecule has 0 amide bonds. The fourth-order valence-electron chi connectivity index (χ4n) is 1.85. The van der Waals surface area contributed by atoms with Gasteiger partial charge in [0.05, 0.1) is 5.52 Å². The Labute approximate surface area is 125 Å². The highest BCUT2D eigenvalue weighted by Gasteiger charge is 2.37. The zero-order valence-electron chi connectivity index (χ0n) is 11.0. The SMILES string of the molecule is Cc1cc2c(Br)cc(SNC3(C)CC3)cc2nc1N. The number of hydrogen-bond acceptors (Lipinski definition) is 4. The summed E-state index contributed by atoms with van der Waals surface area (Å²) in [5, 5.41) is 1.11. The highest BCUT2D eigenvalue weighted by molar-refractivity contribution is 9.10. The lowest BCUT2D eigenvalue weighted by molar-refractivity contribution is 0.701. The Morgan fingerprint density at radius 3 is 2.79 bits per heavy atom. The molecule has 5 heteroatoms. The van der Waals surface area contributed by atoms with E-state index in [0.29, 0.717) is 11.4 Å². The van der Waals surface area contributed by atoms with E-state index >= 15 is 0 Å². The van der Waals surface area contributed by atoms with E-state index in [0.717, 1.165) is 25.8 Å². The number of halogens is 1. The molecule has 1 fully saturated rings. The van der Waals surface area contributed by atoms with Crippen LogP contribution in [0.5, 0.6) is 0 Å². The number of fused-ring (bicyclic) bond motifs is 1. The van der Waals surface area contributed by atoms with E-state index < -0.39 is 0 Å². The van der Waals surface area contributed by atoms with Crippen LogP contribution in [0.25, 0.3) is 10.9 Å². The molecule has 1 aliphatic carbocycles. The van der Waals surface area contributed by atoms with Crippen LogP contribution in [0.4, 0.5) is 5.82 Å². The van der Waals surface area contributed by atoms with Crippen LogP contribution in [0.2, 0.25) is 0 Å². The number of anilines is 1. The largest absolute Gasteiger partial charge is 0.383 e. The van der Waals surface area contributed by atoms with Crippen LogP contribution in [0.1, 0.15) is 25.3 Å². The molecule has 1 aliphatic rings. The first kappa shape index (κ1) is 13.2. The quantitative estimate of drug-likeness (QED) is 0.830. The van der Waals surface area contributed by atoms with E-state index in [4.69, 9.17) is 5.73 Å². The zero-order valence-corrected chi connectivity index (χ0v) is 13.4. The van der Waals surface area contributed by atoms with E-state index in [9.17, 15) is 0 Å². The van der Waals surface area contributed by atoms with Crippen LogP contribution in [0, 0.1) is 6.92 Å². The lowest BCUT2D eigenvalue weighted by Gasteiger charge is -2.12. The minimum absolute atomic E-state index is 0.311. The summed E-state index contributed by atoms with van der Waals surface area (Å²) in [4.78, 5) is 5.62. The third-order valence-electron chi connectivity index (χ3n) is 3.50. The van der Waals surface area contributed by atoms with Gasteiger partial charge in [-0.1, -0.05) is 15.9 Å². The average molecular weight is 338 g/mol. The monoisotopic (exact) mass is 337 g/mol. The summed E-state index contributed by atoms with van der Waals surface area (Å²) in [5.41, 5.74) is 8.15. The second-order valence-electron chi connectivity index (χ2n) is 5.43. The van der Waals surface area contributed by atoms with Crippen molar-refractivity contribution in [2.45, 2.75) is 37.1 Å². The summed E-state index contributed by atoms with van der Waals surface area (Å²) in [7, 11) is 0. The second-order valence-corrected chi connectivity index (χ2v) is 7.16. The predicted octanol–water partition coefficient (Wildman–Crippen LogP) is 4.04. The molecule has 2 aromatic rings. The highest BCUT2D eigenvalue weighted by Crippen LogP contribution is 2.38. The summed E-state index contributed by atoms with van der Waals surface area (Å²) >= 11 is 5.29. The molecule has 0 unspecified atom stereocenters. The van der Waals surface area contributed by atoms with Crippen molar-refractivity contribution in [2.24, 2.45) is 0 Å². The minimum atomic E-state index is 0.311. The number of nitrogens with one attached hydrogen (secondary N) is 1. The fraction of sp³-hybridized carbons (Fsp3) is 0.357. The van der Waals surface area contributed by atoms with E-state index in [-0.39, 0.29) is 0 Å². The lowest BCUT2D eigenvalue weighted by Crippen LogP contribution is -2.19. The van der Waals surface area contributed by atoms with Gasteiger partial charge in [-0.15, -0.1) is 0 Å². The number of nitrogens with zero attached hydrogens (tertiary/aromatic N) is 1. The molecule has 100 valence electrons. The van der Waals surface area contributed by atoms with Crippen molar-refractivity contribution in [2.75, 3.05) is 5.73 Å². The molecule has 0 spiro atoms. The van der Waals surface area contributed by atoms with Crippen LogP contribution in [-0.2, 0) is 0 Å². The van der Waals surface area contributed by atoms with E-state index in [2.05, 4.69) is 50.8 Å². The van der Waals surface area contributed by atoms with Gasteiger partial charge in [-0.25, -0.2) is 4.98 Å². The van der Waals surface area contributed by atoms with E-state index in [1.54, 1.807) is 11.9 Å². The van der Waals surface area contributed by atoms with Crippen molar-refractivity contribution in [3.63, 3.8) is 0 Å². The third kappa shape index (κ3) is 2.73. The molecule has 1 aromatic carbocycles. The van der Waals surface area contributed by atoms with Gasteiger partial charge in [0, 0.05) is 20.3 Å². The highest BCUT2D eigenvalue weighted by atomic mass is 79.9. The molecule has 3 rings (SSSR count). The number of nitrogens with two attached hydrogens (primary N) is 1. The number of rotatable bonds is 3. The van der Waals surface area contributed by atoms with Gasteiger partial charge in [0.15, 0.2) is 0 Å². The molecule has 0 aliphatic heterocycles. The Morgan fingerprint density at radius 1 is 1.37 bits per heavy atom. The minimum Gasteiger partial charge on any atom is -0.383 e. The second kappa shape index (κ2) is 4.65. The third-order valence-corrected chi connectivity index (χ3v) is 5.22. The first-order chi connectivity index (χ1) is 8.97. The maximum atomic E-state index is 5.89. The fourth-order valence-corrected chi connectivity index (χ4v) is 3.48. The average Bonchev–Trinajstić information content (AvgIpc) is 3.08. The van der Waals surface area contributed by atoms with Crippen molar-refractivity contribution in [1.29, 1.82) is 0 Å². The summed E-state index contributed by atoms with van der Waals surface area (Å²) in [6.07, 6.45) is 2.50. The van der Waals surface area contributed by atoms with Gasteiger partial charge >= 0.3 is 0 Å². The van der Waals surface area contributed by atoms with Crippen LogP contribution in [0.3, 0.4) is 0 Å². The van der Waals surface area contributed by atoms with Crippen molar-refractivity contribution in [3.05, 3.63) is 28.2 Å². The first-order valence-corrected chi connectivity index (χ1v) is 7.88. The van der Waals surface area contributed by atoms with Gasteiger partial charge in [-0.2, -0.15) is 0 Å². The zero-order chi connectivity index (χ0) is 13.6. The molecule has 3 N–H and O–H groups in total. The molecule has 1 heterocycles. The van der Waals surface area contributed by atoms with Gasteiger partial charge < -0.3 is 5.73 Å². The number of aromatic nitrogens is 1. The molecular formula is C14H16BrN3S. The Hall–Kier alpha value is -0.780. The molecular weight excluding hydrogens is 322 g/mol. The summed E-state index contributed by atoms with van der Waals surface area (Å²) in [6, 6.07) is 6.29. The van der Waals surface area contributed by atoms with Crippen molar-refractivity contribution >= 4 is 44.6 Å². The Balaban J connectivity index is 1.96. The standard InChI is InChI=1S/C14H16BrN3S/c1-8-5-10-11(15)6-9(7-12(10)17-13(8)16)19-18-14(2)3-4-14/h5-7,18H,3-4H2,1-2H3,(H2,16,17). The first-order valence-electron chi connectivity index (χ1n) is 6.27. The Bertz CT molecular complexity index is 653. The molecule has 0 radical (unpaired) electrons. The topological polar surface area (TPSA) is 50.9 Å². The van der Waals surface area contributed by atoms with Crippen molar-refractivity contribution in [1.82, 2.24) is 9.71 Å². The van der Waals surface area contributed by atoms with Crippen LogP contribution >= 0.6 is 27.9 Å². The van der Waals surface area contributed by atoms with Gasteiger partial charge in [-0.3, -0.25) is 4.72 Å². The van der Waals surface area contributed by atoms with E-state index in [1.165, 1.54) is 12.8 Å². The molecule has 3 nitrogen and oxygen atoms in total. The number of aryl methyl sites for hydroxylation is 1.